The van der Waals surface area contributed by atoms with E-state index in [1.165, 1.54) is 10.3 Å². The van der Waals surface area contributed by atoms with Gasteiger partial charge in [-0.2, -0.15) is 0 Å². The van der Waals surface area contributed by atoms with Crippen LogP contribution in [0.5, 0.6) is 0 Å². The van der Waals surface area contributed by atoms with Gasteiger partial charge in [0.25, 0.3) is 0 Å². The first kappa shape index (κ1) is 8.53. The third kappa shape index (κ3) is 1.30. The number of aliphatic hydroxyl groups is 1. The maximum Gasteiger partial charge on any atom is 0.0682 e. The maximum atomic E-state index is 9.01. The Labute approximate surface area is 80.6 Å². The van der Waals surface area contributed by atoms with Crippen LogP contribution >= 0.6 is 11.3 Å². The molecule has 0 aliphatic heterocycles. The van der Waals surface area contributed by atoms with E-state index in [1.807, 2.05) is 24.4 Å². The zero-order valence-electron chi connectivity index (χ0n) is 7.37. The minimum absolute atomic E-state index is 0.0755. The molecular weight excluding hydrogens is 182 g/mol. The van der Waals surface area contributed by atoms with E-state index in [-0.39, 0.29) is 6.61 Å². The van der Waals surface area contributed by atoms with Gasteiger partial charge in [-0.3, -0.25) is 0 Å². The average molecular weight is 193 g/mol. The number of nitrogens with two attached hydrogens (primary N) is 1. The van der Waals surface area contributed by atoms with Crippen molar-refractivity contribution in [3.05, 3.63) is 28.6 Å². The van der Waals surface area contributed by atoms with Crippen LogP contribution in [0.25, 0.3) is 10.1 Å². The van der Waals surface area contributed by atoms with Crippen molar-refractivity contribution in [1.29, 1.82) is 0 Å². The smallest absolute Gasteiger partial charge is 0.0682 e. The van der Waals surface area contributed by atoms with Crippen molar-refractivity contribution in [2.45, 2.75) is 13.5 Å². The summed E-state index contributed by atoms with van der Waals surface area (Å²) in [5.41, 5.74) is 8.71. The molecule has 68 valence electrons. The minimum Gasteiger partial charge on any atom is -0.398 e. The van der Waals surface area contributed by atoms with E-state index in [4.69, 9.17) is 10.8 Å². The molecule has 0 bridgehead atoms. The number of anilines is 1. The lowest BCUT2D eigenvalue weighted by atomic mass is 10.1. The van der Waals surface area contributed by atoms with Gasteiger partial charge in [0.1, 0.15) is 0 Å². The lowest BCUT2D eigenvalue weighted by Gasteiger charge is -2.01. The molecule has 1 heterocycles. The van der Waals surface area contributed by atoms with Gasteiger partial charge in [0.2, 0.25) is 0 Å². The van der Waals surface area contributed by atoms with Crippen molar-refractivity contribution in [2.24, 2.45) is 0 Å². The van der Waals surface area contributed by atoms with Crippen molar-refractivity contribution < 1.29 is 5.11 Å². The quantitative estimate of drug-likeness (QED) is 0.730. The summed E-state index contributed by atoms with van der Waals surface area (Å²) in [5, 5.41) is 12.0. The predicted molar refractivity (Wildman–Crippen MR) is 56.9 cm³/mol. The third-order valence-electron chi connectivity index (χ3n) is 2.13. The lowest BCUT2D eigenvalue weighted by Crippen LogP contribution is -1.86. The van der Waals surface area contributed by atoms with Crippen molar-refractivity contribution >= 4 is 27.1 Å². The number of fused-ring (bicyclic) bond motifs is 1. The Kier molecular flexibility index (Phi) is 1.98. The number of aryl methyl sites for hydroxylation is 1. The summed E-state index contributed by atoms with van der Waals surface area (Å²) in [6.07, 6.45) is 0. The van der Waals surface area contributed by atoms with Crippen molar-refractivity contribution in [1.82, 2.24) is 0 Å². The Hall–Kier alpha value is -1.06. The van der Waals surface area contributed by atoms with E-state index in [9.17, 15) is 0 Å². The first-order chi connectivity index (χ1) is 6.22. The molecule has 2 rings (SSSR count). The second kappa shape index (κ2) is 3.01. The molecule has 3 N–H and O–H groups in total. The van der Waals surface area contributed by atoms with Crippen LogP contribution in [0.4, 0.5) is 5.69 Å². The number of benzene rings is 1. The van der Waals surface area contributed by atoms with Crippen molar-refractivity contribution in [3.63, 3.8) is 0 Å². The van der Waals surface area contributed by atoms with Crippen LogP contribution in [0, 0.1) is 6.92 Å². The Balaban J connectivity index is 2.80. The second-order valence-corrected chi connectivity index (χ2v) is 4.02. The Morgan fingerprint density at radius 1 is 1.46 bits per heavy atom. The van der Waals surface area contributed by atoms with E-state index in [0.717, 1.165) is 16.6 Å². The van der Waals surface area contributed by atoms with Crippen LogP contribution in [0.2, 0.25) is 0 Å². The number of hydrogen-bond acceptors (Lipinski definition) is 3. The lowest BCUT2D eigenvalue weighted by molar-refractivity contribution is 0.282. The summed E-state index contributed by atoms with van der Waals surface area (Å²) in [4.78, 5) is 0. The Morgan fingerprint density at radius 2 is 2.23 bits per heavy atom. The summed E-state index contributed by atoms with van der Waals surface area (Å²) in [6.45, 7) is 2.11. The molecule has 0 saturated heterocycles. The maximum absolute atomic E-state index is 9.01. The highest BCUT2D eigenvalue weighted by Crippen LogP contribution is 2.31. The summed E-state index contributed by atoms with van der Waals surface area (Å²) >= 11 is 1.65. The fourth-order valence-corrected chi connectivity index (χ4v) is 2.42. The molecule has 3 heteroatoms. The Bertz CT molecular complexity index is 447. The molecule has 0 aliphatic rings. The fourth-order valence-electron chi connectivity index (χ4n) is 1.50. The topological polar surface area (TPSA) is 46.2 Å². The number of hydrogen-bond donors (Lipinski definition) is 2. The third-order valence-corrected chi connectivity index (χ3v) is 3.28. The van der Waals surface area contributed by atoms with E-state index in [0.29, 0.717) is 0 Å². The summed E-state index contributed by atoms with van der Waals surface area (Å²) in [5.74, 6) is 0. The molecule has 0 atom stereocenters. The molecule has 1 aromatic carbocycles. The second-order valence-electron chi connectivity index (χ2n) is 3.14. The van der Waals surface area contributed by atoms with E-state index in [2.05, 4.69) is 0 Å². The molecule has 0 saturated carbocycles. The van der Waals surface area contributed by atoms with E-state index in [1.54, 1.807) is 11.3 Å². The first-order valence-corrected chi connectivity index (χ1v) is 4.97. The average Bonchev–Trinajstić information content (AvgIpc) is 2.48. The van der Waals surface area contributed by atoms with Crippen LogP contribution < -0.4 is 5.73 Å². The van der Waals surface area contributed by atoms with Gasteiger partial charge in [0.15, 0.2) is 0 Å². The molecule has 0 aliphatic carbocycles. The molecule has 0 amide bonds. The molecule has 0 unspecified atom stereocenters. The summed E-state index contributed by atoms with van der Waals surface area (Å²) < 4.78 is 1.22. The highest BCUT2D eigenvalue weighted by molar-refractivity contribution is 7.18. The van der Waals surface area contributed by atoms with Crippen LogP contribution in [0.1, 0.15) is 11.1 Å². The number of rotatable bonds is 1. The molecule has 0 fully saturated rings. The molecule has 13 heavy (non-hydrogen) atoms. The zero-order chi connectivity index (χ0) is 9.42. The Morgan fingerprint density at radius 3 is 2.92 bits per heavy atom. The molecule has 0 spiro atoms. The van der Waals surface area contributed by atoms with Gasteiger partial charge in [0, 0.05) is 15.5 Å². The van der Waals surface area contributed by atoms with Gasteiger partial charge in [-0.1, -0.05) is 6.07 Å². The van der Waals surface area contributed by atoms with E-state index < -0.39 is 0 Å². The minimum atomic E-state index is 0.0755. The highest BCUT2D eigenvalue weighted by Gasteiger charge is 2.04. The highest BCUT2D eigenvalue weighted by atomic mass is 32.1. The molecule has 0 radical (unpaired) electrons. The predicted octanol–water partition coefficient (Wildman–Crippen LogP) is 2.28. The van der Waals surface area contributed by atoms with E-state index >= 15 is 0 Å². The summed E-state index contributed by atoms with van der Waals surface area (Å²) in [6, 6.07) is 3.95. The molecular formula is C10H11NOS. The van der Waals surface area contributed by atoms with Gasteiger partial charge in [-0.25, -0.2) is 0 Å². The van der Waals surface area contributed by atoms with Gasteiger partial charge in [0.05, 0.1) is 12.3 Å². The zero-order valence-corrected chi connectivity index (χ0v) is 8.19. The molecule has 2 aromatic rings. The number of aliphatic hydroxyl groups excluding tert-OH is 1. The van der Waals surface area contributed by atoms with Crippen LogP contribution in [-0.4, -0.2) is 5.11 Å². The largest absolute Gasteiger partial charge is 0.398 e. The fraction of sp³-hybridized carbons (Fsp3) is 0.200. The molecule has 2 nitrogen and oxygen atoms in total. The van der Waals surface area contributed by atoms with Crippen LogP contribution in [0.15, 0.2) is 17.5 Å². The van der Waals surface area contributed by atoms with Gasteiger partial charge in [-0.05, 0) is 24.1 Å². The molecule has 1 aromatic heterocycles. The summed E-state index contributed by atoms with van der Waals surface area (Å²) in [7, 11) is 0. The standard InChI is InChI=1S/C10H11NOS/c1-6-2-7(4-12)3-8-9(11)5-13-10(6)8/h2-3,5,12H,4,11H2,1H3. The van der Waals surface area contributed by atoms with Gasteiger partial charge < -0.3 is 10.8 Å². The van der Waals surface area contributed by atoms with Gasteiger partial charge >= 0.3 is 0 Å². The first-order valence-electron chi connectivity index (χ1n) is 4.09. The van der Waals surface area contributed by atoms with Gasteiger partial charge in [-0.15, -0.1) is 11.3 Å². The monoisotopic (exact) mass is 193 g/mol. The number of thiophene rings is 1. The normalized spacial score (nSPS) is 10.9. The van der Waals surface area contributed by atoms with Crippen LogP contribution in [0.3, 0.4) is 0 Å². The van der Waals surface area contributed by atoms with Crippen molar-refractivity contribution in [3.8, 4) is 0 Å². The number of nitrogen functional groups attached to an aromatic ring is 1. The SMILES string of the molecule is Cc1cc(CO)cc2c(N)csc12. The van der Waals surface area contributed by atoms with Crippen molar-refractivity contribution in [2.75, 3.05) is 5.73 Å². The van der Waals surface area contributed by atoms with Crippen LogP contribution in [-0.2, 0) is 6.61 Å².